The standard InChI is InChI=1S/C13H21N3O2/c1-3-11(8-13(14)16-17)15-12-7-5-4-6-10(12)9-18-2/h4-7,11,15,17H,3,8-9H2,1-2H3,(H2,14,16). The van der Waals surface area contributed by atoms with Crippen molar-refractivity contribution < 1.29 is 9.94 Å². The average molecular weight is 251 g/mol. The summed E-state index contributed by atoms with van der Waals surface area (Å²) in [6.45, 7) is 2.62. The number of para-hydroxylation sites is 1. The lowest BCUT2D eigenvalue weighted by Gasteiger charge is -2.19. The summed E-state index contributed by atoms with van der Waals surface area (Å²) in [7, 11) is 1.67. The van der Waals surface area contributed by atoms with Crippen molar-refractivity contribution >= 4 is 11.5 Å². The molecule has 0 aromatic heterocycles. The van der Waals surface area contributed by atoms with Crippen LogP contribution in [-0.4, -0.2) is 24.2 Å². The Morgan fingerprint density at radius 3 is 2.83 bits per heavy atom. The van der Waals surface area contributed by atoms with Crippen LogP contribution in [0.25, 0.3) is 0 Å². The molecule has 0 aliphatic carbocycles. The van der Waals surface area contributed by atoms with Gasteiger partial charge in [0.25, 0.3) is 0 Å². The fourth-order valence-electron chi connectivity index (χ4n) is 1.75. The van der Waals surface area contributed by atoms with Crippen LogP contribution in [0.1, 0.15) is 25.3 Å². The van der Waals surface area contributed by atoms with Crippen LogP contribution in [-0.2, 0) is 11.3 Å². The molecule has 0 aliphatic rings. The van der Waals surface area contributed by atoms with Crippen LogP contribution in [0.15, 0.2) is 29.4 Å². The van der Waals surface area contributed by atoms with Crippen molar-refractivity contribution in [3.05, 3.63) is 29.8 Å². The fourth-order valence-corrected chi connectivity index (χ4v) is 1.75. The van der Waals surface area contributed by atoms with E-state index in [4.69, 9.17) is 15.7 Å². The maximum Gasteiger partial charge on any atom is 0.141 e. The van der Waals surface area contributed by atoms with E-state index in [1.165, 1.54) is 0 Å². The van der Waals surface area contributed by atoms with Crippen LogP contribution in [0.5, 0.6) is 0 Å². The lowest BCUT2D eigenvalue weighted by Crippen LogP contribution is -2.27. The second-order valence-corrected chi connectivity index (χ2v) is 4.14. The van der Waals surface area contributed by atoms with Gasteiger partial charge in [0.15, 0.2) is 0 Å². The highest BCUT2D eigenvalue weighted by molar-refractivity contribution is 5.80. The maximum atomic E-state index is 8.60. The van der Waals surface area contributed by atoms with Gasteiger partial charge in [-0.25, -0.2) is 0 Å². The molecule has 4 N–H and O–H groups in total. The Kier molecular flexibility index (Phi) is 6.00. The molecule has 0 saturated heterocycles. The first kappa shape index (κ1) is 14.3. The van der Waals surface area contributed by atoms with Gasteiger partial charge >= 0.3 is 0 Å². The van der Waals surface area contributed by atoms with Crippen LogP contribution in [0.2, 0.25) is 0 Å². The average Bonchev–Trinajstić information content (AvgIpc) is 2.40. The summed E-state index contributed by atoms with van der Waals surface area (Å²) in [6, 6.07) is 8.10. The van der Waals surface area contributed by atoms with Crippen LogP contribution in [0, 0.1) is 0 Å². The number of hydrogen-bond acceptors (Lipinski definition) is 4. The van der Waals surface area contributed by atoms with Gasteiger partial charge in [0.1, 0.15) is 5.84 Å². The summed E-state index contributed by atoms with van der Waals surface area (Å²) in [4.78, 5) is 0. The summed E-state index contributed by atoms with van der Waals surface area (Å²) in [6.07, 6.45) is 1.39. The molecule has 0 amide bonds. The van der Waals surface area contributed by atoms with Crippen molar-refractivity contribution in [1.29, 1.82) is 0 Å². The minimum absolute atomic E-state index is 0.138. The van der Waals surface area contributed by atoms with E-state index in [0.29, 0.717) is 13.0 Å². The van der Waals surface area contributed by atoms with E-state index in [1.807, 2.05) is 24.3 Å². The van der Waals surface area contributed by atoms with Crippen molar-refractivity contribution in [3.63, 3.8) is 0 Å². The number of hydrogen-bond donors (Lipinski definition) is 3. The first-order valence-electron chi connectivity index (χ1n) is 6.01. The summed E-state index contributed by atoms with van der Waals surface area (Å²) in [5.74, 6) is 0.235. The zero-order valence-corrected chi connectivity index (χ0v) is 10.9. The Balaban J connectivity index is 2.74. The molecule has 1 aromatic rings. The summed E-state index contributed by atoms with van der Waals surface area (Å²) in [5.41, 5.74) is 7.66. The molecular formula is C13H21N3O2. The predicted octanol–water partition coefficient (Wildman–Crippen LogP) is 2.16. The minimum Gasteiger partial charge on any atom is -0.409 e. The number of nitrogens with zero attached hydrogens (tertiary/aromatic N) is 1. The van der Waals surface area contributed by atoms with E-state index in [0.717, 1.165) is 17.7 Å². The zero-order valence-electron chi connectivity index (χ0n) is 10.9. The van der Waals surface area contributed by atoms with Gasteiger partial charge in [-0.1, -0.05) is 30.3 Å². The summed E-state index contributed by atoms with van der Waals surface area (Å²) >= 11 is 0. The van der Waals surface area contributed by atoms with Gasteiger partial charge in [0.2, 0.25) is 0 Å². The predicted molar refractivity (Wildman–Crippen MR) is 72.9 cm³/mol. The quantitative estimate of drug-likeness (QED) is 0.300. The smallest absolute Gasteiger partial charge is 0.141 e. The highest BCUT2D eigenvalue weighted by Crippen LogP contribution is 2.18. The summed E-state index contributed by atoms with van der Waals surface area (Å²) < 4.78 is 5.16. The van der Waals surface area contributed by atoms with Crippen molar-refractivity contribution in [1.82, 2.24) is 0 Å². The van der Waals surface area contributed by atoms with Crippen LogP contribution >= 0.6 is 0 Å². The van der Waals surface area contributed by atoms with Crippen molar-refractivity contribution in [2.24, 2.45) is 10.9 Å². The number of nitrogens with one attached hydrogen (secondary N) is 1. The third kappa shape index (κ3) is 4.25. The SMILES string of the molecule is CCC(C/C(N)=N/O)Nc1ccccc1COC. The number of benzene rings is 1. The number of amidine groups is 1. The van der Waals surface area contributed by atoms with Gasteiger partial charge in [-0.15, -0.1) is 0 Å². The molecule has 0 radical (unpaired) electrons. The molecule has 1 atom stereocenters. The number of ether oxygens (including phenoxy) is 1. The van der Waals surface area contributed by atoms with Crippen molar-refractivity contribution in [2.75, 3.05) is 12.4 Å². The van der Waals surface area contributed by atoms with E-state index < -0.39 is 0 Å². The lowest BCUT2D eigenvalue weighted by atomic mass is 10.1. The molecule has 5 nitrogen and oxygen atoms in total. The number of methoxy groups -OCH3 is 1. The first-order valence-corrected chi connectivity index (χ1v) is 6.01. The van der Waals surface area contributed by atoms with E-state index in [-0.39, 0.29) is 11.9 Å². The van der Waals surface area contributed by atoms with Gasteiger partial charge < -0.3 is 21.0 Å². The Morgan fingerprint density at radius 1 is 1.50 bits per heavy atom. The molecule has 18 heavy (non-hydrogen) atoms. The molecule has 0 heterocycles. The second kappa shape index (κ2) is 7.55. The monoisotopic (exact) mass is 251 g/mol. The highest BCUT2D eigenvalue weighted by Gasteiger charge is 2.10. The van der Waals surface area contributed by atoms with Crippen LogP contribution in [0.4, 0.5) is 5.69 Å². The van der Waals surface area contributed by atoms with E-state index >= 15 is 0 Å². The van der Waals surface area contributed by atoms with Gasteiger partial charge in [-0.3, -0.25) is 0 Å². The van der Waals surface area contributed by atoms with Crippen molar-refractivity contribution in [2.45, 2.75) is 32.4 Å². The number of anilines is 1. The normalized spacial score (nSPS) is 13.3. The van der Waals surface area contributed by atoms with Gasteiger partial charge in [0, 0.05) is 30.8 Å². The molecule has 1 unspecified atom stereocenters. The Morgan fingerprint density at radius 2 is 2.22 bits per heavy atom. The maximum absolute atomic E-state index is 8.60. The van der Waals surface area contributed by atoms with Crippen LogP contribution in [0.3, 0.4) is 0 Å². The Hall–Kier alpha value is -1.75. The zero-order chi connectivity index (χ0) is 13.4. The molecule has 1 rings (SSSR count). The summed E-state index contributed by atoms with van der Waals surface area (Å²) in [5, 5.41) is 15.0. The Labute approximate surface area is 108 Å². The van der Waals surface area contributed by atoms with Gasteiger partial charge in [0.05, 0.1) is 6.61 Å². The number of nitrogens with two attached hydrogens (primary N) is 1. The van der Waals surface area contributed by atoms with E-state index in [9.17, 15) is 0 Å². The fraction of sp³-hybridized carbons (Fsp3) is 0.462. The third-order valence-electron chi connectivity index (χ3n) is 2.75. The molecule has 0 fully saturated rings. The molecule has 1 aromatic carbocycles. The largest absolute Gasteiger partial charge is 0.409 e. The Bertz CT molecular complexity index is 394. The third-order valence-corrected chi connectivity index (χ3v) is 2.75. The number of rotatable bonds is 7. The molecule has 0 spiro atoms. The van der Waals surface area contributed by atoms with Gasteiger partial charge in [-0.2, -0.15) is 0 Å². The van der Waals surface area contributed by atoms with E-state index in [1.54, 1.807) is 7.11 Å². The lowest BCUT2D eigenvalue weighted by molar-refractivity contribution is 0.185. The number of oxime groups is 1. The second-order valence-electron chi connectivity index (χ2n) is 4.14. The topological polar surface area (TPSA) is 79.9 Å². The molecular weight excluding hydrogens is 230 g/mol. The molecule has 0 saturated carbocycles. The minimum atomic E-state index is 0.138. The van der Waals surface area contributed by atoms with E-state index in [2.05, 4.69) is 17.4 Å². The highest BCUT2D eigenvalue weighted by atomic mass is 16.5. The van der Waals surface area contributed by atoms with Gasteiger partial charge in [-0.05, 0) is 12.5 Å². The molecule has 0 bridgehead atoms. The molecule has 100 valence electrons. The molecule has 5 heteroatoms. The molecule has 0 aliphatic heterocycles. The van der Waals surface area contributed by atoms with Crippen molar-refractivity contribution in [3.8, 4) is 0 Å². The van der Waals surface area contributed by atoms with Crippen LogP contribution < -0.4 is 11.1 Å². The first-order chi connectivity index (χ1) is 8.71.